The predicted molar refractivity (Wildman–Crippen MR) is 142 cm³/mol. The molecule has 12 nitrogen and oxygen atoms in total. The maximum Gasteiger partial charge on any atom is 0.225 e. The van der Waals surface area contributed by atoms with Crippen LogP contribution in [0.1, 0.15) is 17.9 Å². The zero-order valence-electron chi connectivity index (χ0n) is 21.4. The quantitative estimate of drug-likeness (QED) is 0.330. The third-order valence-electron chi connectivity index (χ3n) is 6.28. The Morgan fingerprint density at radius 1 is 1.13 bits per heavy atom. The van der Waals surface area contributed by atoms with Gasteiger partial charge in [-0.25, -0.2) is 27.8 Å². The molecule has 3 aromatic heterocycles. The van der Waals surface area contributed by atoms with Crippen molar-refractivity contribution in [2.24, 2.45) is 0 Å². The molecule has 1 aliphatic rings. The van der Waals surface area contributed by atoms with Gasteiger partial charge in [-0.2, -0.15) is 0 Å². The number of aromatic nitrogens is 6. The van der Waals surface area contributed by atoms with Crippen LogP contribution in [0.4, 0.5) is 10.3 Å². The smallest absolute Gasteiger partial charge is 0.225 e. The number of para-hydroxylation sites is 1. The Hall–Kier alpha value is -3.69. The summed E-state index contributed by atoms with van der Waals surface area (Å²) in [4.78, 5) is 13.9. The maximum absolute atomic E-state index is 13.8. The summed E-state index contributed by atoms with van der Waals surface area (Å²) in [6, 6.07) is 5.21. The second-order valence-corrected chi connectivity index (χ2v) is 12.1. The van der Waals surface area contributed by atoms with Gasteiger partial charge in [-0.05, 0) is 25.5 Å². The van der Waals surface area contributed by atoms with Gasteiger partial charge in [0.25, 0.3) is 0 Å². The molecule has 4 heterocycles. The Bertz CT molecular complexity index is 1550. The second kappa shape index (κ2) is 10.8. The highest BCUT2D eigenvalue weighted by Gasteiger charge is 2.37. The summed E-state index contributed by atoms with van der Waals surface area (Å²) in [5, 5.41) is 20.5. The van der Waals surface area contributed by atoms with Crippen molar-refractivity contribution in [3.63, 3.8) is 0 Å². The van der Waals surface area contributed by atoms with Crippen molar-refractivity contribution in [3.8, 4) is 28.0 Å². The predicted octanol–water partition coefficient (Wildman–Crippen LogP) is 2.20. The Labute approximate surface area is 228 Å². The fourth-order valence-electron chi connectivity index (χ4n) is 4.51. The van der Waals surface area contributed by atoms with E-state index in [2.05, 4.69) is 25.1 Å². The van der Waals surface area contributed by atoms with Gasteiger partial charge in [0.15, 0.2) is 32.3 Å². The lowest BCUT2D eigenvalue weighted by molar-refractivity contribution is 0.154. The number of thiazole rings is 1. The second-order valence-electron chi connectivity index (χ2n) is 9.01. The summed E-state index contributed by atoms with van der Waals surface area (Å²) >= 11 is 1.35. The van der Waals surface area contributed by atoms with E-state index in [4.69, 9.17) is 9.47 Å². The highest BCUT2D eigenvalue weighted by atomic mass is 32.2. The molecule has 0 spiro atoms. The van der Waals surface area contributed by atoms with E-state index in [-0.39, 0.29) is 31.3 Å². The average molecular weight is 576 g/mol. The third-order valence-corrected chi connectivity index (χ3v) is 9.26. The first-order chi connectivity index (χ1) is 18.7. The average Bonchev–Trinajstić information content (AvgIpc) is 3.53. The number of aliphatic hydroxyl groups excluding tert-OH is 1. The molecule has 1 aromatic carbocycles. The Balaban J connectivity index is 1.55. The van der Waals surface area contributed by atoms with E-state index in [1.807, 2.05) is 12.3 Å². The van der Waals surface area contributed by atoms with E-state index in [9.17, 15) is 17.9 Å². The number of nitrogens with zero attached hydrogens (tertiary/aromatic N) is 7. The van der Waals surface area contributed by atoms with E-state index < -0.39 is 32.8 Å². The van der Waals surface area contributed by atoms with Crippen LogP contribution >= 0.6 is 11.3 Å². The first kappa shape index (κ1) is 26.9. The van der Waals surface area contributed by atoms with Crippen LogP contribution in [-0.2, 0) is 15.6 Å². The summed E-state index contributed by atoms with van der Waals surface area (Å²) in [7, 11) is -0.901. The topological polar surface area (TPSA) is 145 Å². The summed E-state index contributed by atoms with van der Waals surface area (Å²) in [6.07, 6.45) is 1.06. The molecule has 0 unspecified atom stereocenters. The summed E-state index contributed by atoms with van der Waals surface area (Å²) in [6.45, 7) is 2.00. The van der Waals surface area contributed by atoms with E-state index in [1.165, 1.54) is 30.5 Å². The summed E-state index contributed by atoms with van der Waals surface area (Å²) < 4.78 is 53.7. The monoisotopic (exact) mass is 575 g/mol. The minimum absolute atomic E-state index is 0.0185. The number of halogens is 1. The SMILES string of the molecule is COc1cccc(OC)c1-n1c(CS(=O)(=O)[C@H]2C[C@@H](O)CN(c3ncc(F)cn3)C2)nnc1-c1nc(C)cs1. The van der Waals surface area contributed by atoms with Crippen molar-refractivity contribution in [2.75, 3.05) is 32.2 Å². The van der Waals surface area contributed by atoms with E-state index in [0.717, 1.165) is 18.1 Å². The molecule has 5 rings (SSSR count). The van der Waals surface area contributed by atoms with Crippen molar-refractivity contribution >= 4 is 27.1 Å². The van der Waals surface area contributed by atoms with Crippen LogP contribution < -0.4 is 14.4 Å². The number of rotatable bonds is 8. The van der Waals surface area contributed by atoms with Gasteiger partial charge in [0.1, 0.15) is 22.9 Å². The number of methoxy groups -OCH3 is 2. The molecule has 1 aliphatic heterocycles. The number of ether oxygens (including phenoxy) is 2. The minimum Gasteiger partial charge on any atom is -0.494 e. The molecule has 0 bridgehead atoms. The van der Waals surface area contributed by atoms with Gasteiger partial charge >= 0.3 is 0 Å². The first-order valence-corrected chi connectivity index (χ1v) is 14.5. The number of β-amino-alcohol motifs (C(OH)–C–C–N with tert-alkyl or cyclic N) is 1. The number of piperidine rings is 1. The Kier molecular flexibility index (Phi) is 7.46. The number of aryl methyl sites for hydroxylation is 1. The molecule has 1 fully saturated rings. The molecule has 0 radical (unpaired) electrons. The van der Waals surface area contributed by atoms with Crippen LogP contribution in [0.2, 0.25) is 0 Å². The Morgan fingerprint density at radius 2 is 1.82 bits per heavy atom. The van der Waals surface area contributed by atoms with Crippen LogP contribution in [0.25, 0.3) is 16.5 Å². The normalized spacial score (nSPS) is 17.8. The fraction of sp³-hybridized carbons (Fsp3) is 0.375. The van der Waals surface area contributed by atoms with Crippen LogP contribution in [0, 0.1) is 12.7 Å². The van der Waals surface area contributed by atoms with Gasteiger partial charge in [0.05, 0.1) is 38.0 Å². The van der Waals surface area contributed by atoms with Crippen molar-refractivity contribution in [2.45, 2.75) is 30.5 Å². The highest BCUT2D eigenvalue weighted by molar-refractivity contribution is 7.91. The molecule has 0 saturated carbocycles. The molecule has 0 amide bonds. The molecule has 39 heavy (non-hydrogen) atoms. The van der Waals surface area contributed by atoms with Crippen LogP contribution in [0.15, 0.2) is 36.0 Å². The molecule has 15 heteroatoms. The Morgan fingerprint density at radius 3 is 2.44 bits per heavy atom. The van der Waals surface area contributed by atoms with Gasteiger partial charge in [0, 0.05) is 24.2 Å². The number of benzene rings is 1. The van der Waals surface area contributed by atoms with Crippen molar-refractivity contribution in [1.82, 2.24) is 29.7 Å². The van der Waals surface area contributed by atoms with Crippen LogP contribution in [0.5, 0.6) is 11.5 Å². The first-order valence-electron chi connectivity index (χ1n) is 11.9. The molecule has 1 saturated heterocycles. The highest BCUT2D eigenvalue weighted by Crippen LogP contribution is 2.37. The van der Waals surface area contributed by atoms with E-state index >= 15 is 0 Å². The largest absolute Gasteiger partial charge is 0.494 e. The lowest BCUT2D eigenvalue weighted by Crippen LogP contribution is -2.49. The molecule has 0 aliphatic carbocycles. The van der Waals surface area contributed by atoms with E-state index in [0.29, 0.717) is 28.0 Å². The number of hydrogen-bond acceptors (Lipinski definition) is 12. The van der Waals surface area contributed by atoms with Crippen molar-refractivity contribution in [3.05, 3.63) is 53.3 Å². The molecule has 206 valence electrons. The zero-order chi connectivity index (χ0) is 27.7. The number of anilines is 1. The van der Waals surface area contributed by atoms with Gasteiger partial charge in [-0.1, -0.05) is 6.07 Å². The number of aliphatic hydroxyl groups is 1. The standard InChI is InChI=1S/C24H26FN7O5S2/c1-14-12-38-23(28-14)22-30-29-20(32(22)21-18(36-2)5-4-6-19(21)37-3)13-39(34,35)17-7-16(33)10-31(11-17)24-26-8-15(25)9-27-24/h4-6,8-9,12,16-17,33H,7,10-11,13H2,1-3H3/t16-,17+/m1/s1. The number of sulfone groups is 1. The fourth-order valence-corrected chi connectivity index (χ4v) is 6.98. The van der Waals surface area contributed by atoms with Crippen LogP contribution in [0.3, 0.4) is 0 Å². The lowest BCUT2D eigenvalue weighted by atomic mass is 10.1. The van der Waals surface area contributed by atoms with Gasteiger partial charge in [0.2, 0.25) is 5.95 Å². The molecular weight excluding hydrogens is 549 g/mol. The maximum atomic E-state index is 13.8. The molecular formula is C24H26FN7O5S2. The molecule has 4 aromatic rings. The summed E-state index contributed by atoms with van der Waals surface area (Å²) in [5.41, 5.74) is 1.22. The van der Waals surface area contributed by atoms with Gasteiger partial charge < -0.3 is 19.5 Å². The van der Waals surface area contributed by atoms with E-state index in [1.54, 1.807) is 22.8 Å². The zero-order valence-corrected chi connectivity index (χ0v) is 23.0. The van der Waals surface area contributed by atoms with Crippen LogP contribution in [-0.4, -0.2) is 81.9 Å². The van der Waals surface area contributed by atoms with Gasteiger partial charge in [-0.3, -0.25) is 4.57 Å². The third kappa shape index (κ3) is 5.42. The molecule has 1 N–H and O–H groups in total. The van der Waals surface area contributed by atoms with Gasteiger partial charge in [-0.15, -0.1) is 21.5 Å². The summed E-state index contributed by atoms with van der Waals surface area (Å²) in [5.74, 6) is 0.360. The minimum atomic E-state index is -3.90. The lowest BCUT2D eigenvalue weighted by Gasteiger charge is -2.35. The molecule has 2 atom stereocenters. The number of hydrogen-bond donors (Lipinski definition) is 1. The van der Waals surface area contributed by atoms with Crippen molar-refractivity contribution < 1.29 is 27.4 Å². The van der Waals surface area contributed by atoms with Crippen molar-refractivity contribution in [1.29, 1.82) is 0 Å².